The third-order valence-corrected chi connectivity index (χ3v) is 2.40. The minimum absolute atomic E-state index is 0.411. The Hall–Kier alpha value is -1.52. The highest BCUT2D eigenvalue weighted by Crippen LogP contribution is 2.25. The van der Waals surface area contributed by atoms with Gasteiger partial charge in [-0.05, 0) is 24.3 Å². The zero-order valence-corrected chi connectivity index (χ0v) is 9.46. The van der Waals surface area contributed by atoms with Crippen molar-refractivity contribution in [2.75, 3.05) is 5.32 Å². The maximum Gasteiger partial charge on any atom is 0.346 e. The molecule has 0 atom stereocenters. The number of nitrogens with zero attached hydrogens (tertiary/aromatic N) is 2. The van der Waals surface area contributed by atoms with Gasteiger partial charge in [0.25, 0.3) is 0 Å². The molecular weight excluding hydrogens is 249 g/mol. The molecule has 16 heavy (non-hydrogen) atoms. The minimum Gasteiger partial charge on any atom is -0.305 e. The Morgan fingerprint density at radius 2 is 2.25 bits per heavy atom. The van der Waals surface area contributed by atoms with Crippen LogP contribution in [0.3, 0.4) is 0 Å². The average molecular weight is 255 g/mol. The molecule has 1 aromatic heterocycles. The number of halogens is 2. The van der Waals surface area contributed by atoms with Gasteiger partial charge in [0.05, 0.1) is 10.7 Å². The molecule has 0 aliphatic carbocycles. The van der Waals surface area contributed by atoms with Crippen LogP contribution in [-0.4, -0.2) is 15.8 Å². The molecule has 2 rings (SSSR count). The summed E-state index contributed by atoms with van der Waals surface area (Å²) in [5.74, 6) is 0. The molecule has 4 nitrogen and oxygen atoms in total. The van der Waals surface area contributed by atoms with E-state index < -0.39 is 6.03 Å². The van der Waals surface area contributed by atoms with Gasteiger partial charge < -0.3 is 5.32 Å². The molecule has 0 aliphatic heterocycles. The molecular formula is C10H6Cl2N3O. The first-order chi connectivity index (χ1) is 7.66. The smallest absolute Gasteiger partial charge is 0.305 e. The van der Waals surface area contributed by atoms with Gasteiger partial charge in [0.15, 0.2) is 0 Å². The molecule has 0 unspecified atom stereocenters. The van der Waals surface area contributed by atoms with E-state index in [1.165, 1.54) is 12.3 Å². The Labute approximate surface area is 102 Å². The van der Waals surface area contributed by atoms with E-state index in [0.29, 0.717) is 15.7 Å². The first-order valence-electron chi connectivity index (χ1n) is 4.35. The molecule has 1 heterocycles. The number of benzene rings is 1. The first kappa shape index (κ1) is 11.0. The highest BCUT2D eigenvalue weighted by atomic mass is 35.5. The second kappa shape index (κ2) is 4.55. The van der Waals surface area contributed by atoms with Gasteiger partial charge in [-0.2, -0.15) is 9.78 Å². The van der Waals surface area contributed by atoms with Crippen molar-refractivity contribution >= 4 is 34.9 Å². The molecule has 0 saturated carbocycles. The summed E-state index contributed by atoms with van der Waals surface area (Å²) in [6.45, 7) is 0. The van der Waals surface area contributed by atoms with Crippen molar-refractivity contribution < 1.29 is 4.79 Å². The fraction of sp³-hybridized carbons (Fsp3) is 0. The molecule has 6 heteroatoms. The van der Waals surface area contributed by atoms with Gasteiger partial charge >= 0.3 is 6.03 Å². The Morgan fingerprint density at radius 1 is 1.44 bits per heavy atom. The first-order valence-corrected chi connectivity index (χ1v) is 5.10. The van der Waals surface area contributed by atoms with Gasteiger partial charge in [-0.25, -0.2) is 4.79 Å². The van der Waals surface area contributed by atoms with Crippen LogP contribution in [0.2, 0.25) is 10.0 Å². The number of carbonyl (C=O) groups is 1. The molecule has 1 amide bonds. The van der Waals surface area contributed by atoms with Crippen molar-refractivity contribution in [3.05, 3.63) is 46.7 Å². The number of nitrogens with one attached hydrogen (secondary N) is 1. The summed E-state index contributed by atoms with van der Waals surface area (Å²) in [5, 5.41) is 7.15. The summed E-state index contributed by atoms with van der Waals surface area (Å²) in [4.78, 5) is 11.6. The number of hydrogen-bond donors (Lipinski definition) is 1. The highest BCUT2D eigenvalue weighted by Gasteiger charge is 2.08. The number of amides is 1. The van der Waals surface area contributed by atoms with E-state index in [9.17, 15) is 4.79 Å². The van der Waals surface area contributed by atoms with Crippen molar-refractivity contribution in [1.82, 2.24) is 9.78 Å². The van der Waals surface area contributed by atoms with Crippen LogP contribution in [0.15, 0.2) is 30.5 Å². The third-order valence-electron chi connectivity index (χ3n) is 1.83. The summed E-state index contributed by atoms with van der Waals surface area (Å²) < 4.78 is 1.11. The van der Waals surface area contributed by atoms with Crippen molar-refractivity contribution in [2.24, 2.45) is 0 Å². The van der Waals surface area contributed by atoms with Gasteiger partial charge in [0.2, 0.25) is 0 Å². The van der Waals surface area contributed by atoms with E-state index in [-0.39, 0.29) is 0 Å². The zero-order valence-electron chi connectivity index (χ0n) is 7.95. The van der Waals surface area contributed by atoms with Crippen molar-refractivity contribution in [1.29, 1.82) is 0 Å². The molecule has 81 valence electrons. The van der Waals surface area contributed by atoms with Crippen molar-refractivity contribution in [2.45, 2.75) is 0 Å². The Balaban J connectivity index is 2.21. The lowest BCUT2D eigenvalue weighted by atomic mass is 10.3. The number of carbonyl (C=O) groups excluding carboxylic acids is 1. The third kappa shape index (κ3) is 2.35. The van der Waals surface area contributed by atoms with Gasteiger partial charge in [-0.15, -0.1) is 0 Å². The maximum absolute atomic E-state index is 11.6. The van der Waals surface area contributed by atoms with E-state index in [4.69, 9.17) is 23.2 Å². The normalized spacial score (nSPS) is 10.1. The van der Waals surface area contributed by atoms with Gasteiger partial charge in [-0.1, -0.05) is 23.2 Å². The van der Waals surface area contributed by atoms with Gasteiger partial charge in [0, 0.05) is 11.2 Å². The lowest BCUT2D eigenvalue weighted by molar-refractivity contribution is 0.251. The monoisotopic (exact) mass is 254 g/mol. The van der Waals surface area contributed by atoms with Crippen LogP contribution >= 0.6 is 23.2 Å². The topological polar surface area (TPSA) is 46.9 Å². The number of rotatable bonds is 1. The van der Waals surface area contributed by atoms with Crippen molar-refractivity contribution in [3.8, 4) is 0 Å². The van der Waals surface area contributed by atoms with Crippen LogP contribution in [-0.2, 0) is 0 Å². The van der Waals surface area contributed by atoms with Crippen molar-refractivity contribution in [3.63, 3.8) is 0 Å². The zero-order chi connectivity index (χ0) is 11.5. The fourth-order valence-corrected chi connectivity index (χ4v) is 1.45. The molecule has 1 aromatic carbocycles. The second-order valence-electron chi connectivity index (χ2n) is 2.94. The molecule has 1 radical (unpaired) electrons. The molecule has 0 spiro atoms. The van der Waals surface area contributed by atoms with Crippen LogP contribution in [0.5, 0.6) is 0 Å². The van der Waals surface area contributed by atoms with Crippen LogP contribution in [0.4, 0.5) is 10.5 Å². The summed E-state index contributed by atoms with van der Waals surface area (Å²) in [6, 6.07) is 5.91. The van der Waals surface area contributed by atoms with Crippen LogP contribution in [0, 0.1) is 6.20 Å². The number of anilines is 1. The summed E-state index contributed by atoms with van der Waals surface area (Å²) >= 11 is 11.7. The SMILES string of the molecule is O=C(Nc1cc(Cl)ccc1Cl)n1cc[c]n1. The van der Waals surface area contributed by atoms with E-state index in [2.05, 4.69) is 16.6 Å². The summed E-state index contributed by atoms with van der Waals surface area (Å²) in [7, 11) is 0. The largest absolute Gasteiger partial charge is 0.346 e. The average Bonchev–Trinajstić information content (AvgIpc) is 2.76. The predicted octanol–water partition coefficient (Wildman–Crippen LogP) is 3.07. The maximum atomic E-state index is 11.6. The number of hydrogen-bond acceptors (Lipinski definition) is 2. The predicted molar refractivity (Wildman–Crippen MR) is 61.9 cm³/mol. The Kier molecular flexibility index (Phi) is 3.12. The molecule has 1 N–H and O–H groups in total. The Bertz CT molecular complexity index is 511. The van der Waals surface area contributed by atoms with E-state index in [0.717, 1.165) is 4.68 Å². The molecule has 0 fully saturated rings. The molecule has 2 aromatic rings. The number of aromatic nitrogens is 2. The van der Waals surface area contributed by atoms with Crippen LogP contribution in [0.1, 0.15) is 0 Å². The second-order valence-corrected chi connectivity index (χ2v) is 3.79. The quantitative estimate of drug-likeness (QED) is 0.851. The summed E-state index contributed by atoms with van der Waals surface area (Å²) in [5.41, 5.74) is 0.440. The highest BCUT2D eigenvalue weighted by molar-refractivity contribution is 6.35. The standard InChI is InChI=1S/C10H6Cl2N3O/c11-7-2-3-8(12)9(6-7)14-10(16)15-5-1-4-13-15/h1-3,5-6H,(H,14,16). The van der Waals surface area contributed by atoms with Crippen LogP contribution in [0.25, 0.3) is 0 Å². The lowest BCUT2D eigenvalue weighted by Crippen LogP contribution is -2.19. The minimum atomic E-state index is -0.426. The molecule has 0 saturated heterocycles. The lowest BCUT2D eigenvalue weighted by Gasteiger charge is -2.06. The van der Waals surface area contributed by atoms with E-state index in [1.54, 1.807) is 18.2 Å². The van der Waals surface area contributed by atoms with E-state index >= 15 is 0 Å². The fourth-order valence-electron chi connectivity index (χ4n) is 1.11. The van der Waals surface area contributed by atoms with Crippen LogP contribution < -0.4 is 5.32 Å². The van der Waals surface area contributed by atoms with Gasteiger partial charge in [-0.3, -0.25) is 0 Å². The van der Waals surface area contributed by atoms with E-state index in [1.807, 2.05) is 0 Å². The molecule has 0 aliphatic rings. The molecule has 0 bridgehead atoms. The van der Waals surface area contributed by atoms with Gasteiger partial charge in [0.1, 0.15) is 6.20 Å². The summed E-state index contributed by atoms with van der Waals surface area (Å²) in [6.07, 6.45) is 4.00. The Morgan fingerprint density at radius 3 is 2.94 bits per heavy atom.